The number of hydrogen-bond donors (Lipinski definition) is 1. The van der Waals surface area contributed by atoms with Gasteiger partial charge in [0.15, 0.2) is 0 Å². The van der Waals surface area contributed by atoms with Crippen LogP contribution in [0.25, 0.3) is 11.4 Å². The molecule has 1 aromatic heterocycles. The summed E-state index contributed by atoms with van der Waals surface area (Å²) < 4.78 is 5.51. The molecule has 1 atom stereocenters. The zero-order chi connectivity index (χ0) is 18.8. The first-order chi connectivity index (χ1) is 13.1. The van der Waals surface area contributed by atoms with Gasteiger partial charge in [-0.15, -0.1) is 0 Å². The summed E-state index contributed by atoms with van der Waals surface area (Å²) in [5, 5.41) is 7.11. The summed E-state index contributed by atoms with van der Waals surface area (Å²) in [6, 6.07) is 15.4. The molecule has 1 aliphatic heterocycles. The van der Waals surface area contributed by atoms with Gasteiger partial charge in [-0.05, 0) is 44.4 Å². The number of para-hydroxylation sites is 1. The van der Waals surface area contributed by atoms with Crippen molar-refractivity contribution in [1.29, 1.82) is 0 Å². The van der Waals surface area contributed by atoms with Crippen LogP contribution < -0.4 is 5.32 Å². The molecule has 138 valence electrons. The van der Waals surface area contributed by atoms with Crippen molar-refractivity contribution in [3.8, 4) is 11.4 Å². The van der Waals surface area contributed by atoms with E-state index >= 15 is 0 Å². The Kier molecular flexibility index (Phi) is 4.62. The topological polar surface area (TPSA) is 71.3 Å². The molecule has 1 N–H and O–H groups in total. The van der Waals surface area contributed by atoms with Crippen molar-refractivity contribution >= 4 is 11.7 Å². The van der Waals surface area contributed by atoms with Gasteiger partial charge in [0, 0.05) is 17.8 Å². The summed E-state index contributed by atoms with van der Waals surface area (Å²) in [5.41, 5.74) is 3.90. The maximum atomic E-state index is 12.8. The van der Waals surface area contributed by atoms with Crippen molar-refractivity contribution in [2.75, 3.05) is 11.9 Å². The minimum atomic E-state index is -0.194. The predicted molar refractivity (Wildman–Crippen MR) is 103 cm³/mol. The Hall–Kier alpha value is -3.15. The fourth-order valence-electron chi connectivity index (χ4n) is 3.44. The summed E-state index contributed by atoms with van der Waals surface area (Å²) in [4.78, 5) is 19.1. The van der Waals surface area contributed by atoms with Crippen LogP contribution in [-0.2, 0) is 0 Å². The van der Waals surface area contributed by atoms with E-state index in [4.69, 9.17) is 4.52 Å². The minimum absolute atomic E-state index is 0.137. The van der Waals surface area contributed by atoms with Crippen LogP contribution >= 0.6 is 0 Å². The SMILES string of the molecule is Cc1cccc(-c2noc([C@@H]3CCCN3C(=O)Nc3ccccc3C)n2)c1. The lowest BCUT2D eigenvalue weighted by Gasteiger charge is -2.22. The highest BCUT2D eigenvalue weighted by Crippen LogP contribution is 2.32. The molecule has 1 aliphatic rings. The highest BCUT2D eigenvalue weighted by Gasteiger charge is 2.34. The van der Waals surface area contributed by atoms with E-state index in [1.165, 1.54) is 0 Å². The number of rotatable bonds is 3. The summed E-state index contributed by atoms with van der Waals surface area (Å²) >= 11 is 0. The standard InChI is InChI=1S/C21H22N4O2/c1-14-7-5-9-16(13-14)19-23-20(27-24-19)18-11-6-12-25(18)21(26)22-17-10-4-3-8-15(17)2/h3-5,7-10,13,18H,6,11-12H2,1-2H3,(H,22,26)/t18-/m0/s1. The number of carbonyl (C=O) groups excluding carboxylic acids is 1. The summed E-state index contributed by atoms with van der Waals surface area (Å²) in [6.45, 7) is 4.67. The molecule has 6 nitrogen and oxygen atoms in total. The van der Waals surface area contributed by atoms with Crippen LogP contribution in [0.5, 0.6) is 0 Å². The van der Waals surface area contributed by atoms with E-state index in [2.05, 4.69) is 15.5 Å². The molecule has 0 aliphatic carbocycles. The number of benzene rings is 2. The highest BCUT2D eigenvalue weighted by molar-refractivity contribution is 5.90. The second-order valence-electron chi connectivity index (χ2n) is 6.92. The van der Waals surface area contributed by atoms with Gasteiger partial charge in [0.1, 0.15) is 6.04 Å². The van der Waals surface area contributed by atoms with E-state index in [0.29, 0.717) is 18.3 Å². The molecule has 3 aromatic rings. The van der Waals surface area contributed by atoms with Crippen molar-refractivity contribution < 1.29 is 9.32 Å². The largest absolute Gasteiger partial charge is 0.337 e. The Balaban J connectivity index is 1.53. The molecule has 0 saturated carbocycles. The Bertz CT molecular complexity index is 966. The van der Waals surface area contributed by atoms with Crippen LogP contribution in [-0.4, -0.2) is 27.6 Å². The first kappa shape index (κ1) is 17.3. The highest BCUT2D eigenvalue weighted by atomic mass is 16.5. The predicted octanol–water partition coefficient (Wildman–Crippen LogP) is 4.72. The third-order valence-electron chi connectivity index (χ3n) is 4.90. The first-order valence-electron chi connectivity index (χ1n) is 9.16. The minimum Gasteiger partial charge on any atom is -0.337 e. The molecule has 0 spiro atoms. The van der Waals surface area contributed by atoms with E-state index in [9.17, 15) is 4.79 Å². The zero-order valence-electron chi connectivity index (χ0n) is 15.5. The first-order valence-corrected chi connectivity index (χ1v) is 9.16. The van der Waals surface area contributed by atoms with Gasteiger partial charge < -0.3 is 14.7 Å². The number of aryl methyl sites for hydroxylation is 2. The molecule has 0 bridgehead atoms. The Morgan fingerprint density at radius 2 is 2.04 bits per heavy atom. The van der Waals surface area contributed by atoms with Crippen molar-refractivity contribution in [3.05, 3.63) is 65.5 Å². The van der Waals surface area contributed by atoms with E-state index in [1.54, 1.807) is 4.90 Å². The molecule has 2 heterocycles. The molecule has 0 unspecified atom stereocenters. The normalized spacial score (nSPS) is 16.5. The lowest BCUT2D eigenvalue weighted by molar-refractivity contribution is 0.193. The molecule has 27 heavy (non-hydrogen) atoms. The number of likely N-dealkylation sites (tertiary alicyclic amines) is 1. The average Bonchev–Trinajstić information content (AvgIpc) is 3.33. The van der Waals surface area contributed by atoms with E-state index in [0.717, 1.165) is 35.2 Å². The molecule has 2 aromatic carbocycles. The Labute approximate surface area is 158 Å². The van der Waals surface area contributed by atoms with Crippen molar-refractivity contribution in [2.45, 2.75) is 32.7 Å². The monoisotopic (exact) mass is 362 g/mol. The second-order valence-corrected chi connectivity index (χ2v) is 6.92. The van der Waals surface area contributed by atoms with Crippen LogP contribution in [0.2, 0.25) is 0 Å². The number of aromatic nitrogens is 2. The quantitative estimate of drug-likeness (QED) is 0.732. The fraction of sp³-hybridized carbons (Fsp3) is 0.286. The van der Waals surface area contributed by atoms with E-state index in [-0.39, 0.29) is 12.1 Å². The van der Waals surface area contributed by atoms with Crippen molar-refractivity contribution in [2.24, 2.45) is 0 Å². The maximum Gasteiger partial charge on any atom is 0.322 e. The van der Waals surface area contributed by atoms with Gasteiger partial charge in [-0.2, -0.15) is 4.98 Å². The van der Waals surface area contributed by atoms with Gasteiger partial charge in [0.05, 0.1) is 0 Å². The molecular formula is C21H22N4O2. The van der Waals surface area contributed by atoms with E-state index < -0.39 is 0 Å². The number of amides is 2. The molecule has 0 radical (unpaired) electrons. The third kappa shape index (κ3) is 3.56. The molecule has 1 fully saturated rings. The zero-order valence-corrected chi connectivity index (χ0v) is 15.5. The number of urea groups is 1. The van der Waals surface area contributed by atoms with Gasteiger partial charge >= 0.3 is 6.03 Å². The fourth-order valence-corrected chi connectivity index (χ4v) is 3.44. The van der Waals surface area contributed by atoms with Gasteiger partial charge in [-0.25, -0.2) is 4.79 Å². The lowest BCUT2D eigenvalue weighted by Crippen LogP contribution is -2.34. The summed E-state index contributed by atoms with van der Waals surface area (Å²) in [6.07, 6.45) is 1.73. The Morgan fingerprint density at radius 1 is 1.19 bits per heavy atom. The summed E-state index contributed by atoms with van der Waals surface area (Å²) in [7, 11) is 0. The Morgan fingerprint density at radius 3 is 2.85 bits per heavy atom. The van der Waals surface area contributed by atoms with Gasteiger partial charge in [0.25, 0.3) is 0 Å². The van der Waals surface area contributed by atoms with Gasteiger partial charge in [-0.3, -0.25) is 0 Å². The number of nitrogens with zero attached hydrogens (tertiary/aromatic N) is 3. The second kappa shape index (κ2) is 7.23. The number of nitrogens with one attached hydrogen (secondary N) is 1. The lowest BCUT2D eigenvalue weighted by atomic mass is 10.1. The van der Waals surface area contributed by atoms with Gasteiger partial charge in [-0.1, -0.05) is 47.1 Å². The number of anilines is 1. The molecule has 1 saturated heterocycles. The molecular weight excluding hydrogens is 340 g/mol. The van der Waals surface area contributed by atoms with Crippen LogP contribution in [0.4, 0.5) is 10.5 Å². The smallest absolute Gasteiger partial charge is 0.322 e. The molecule has 6 heteroatoms. The van der Waals surface area contributed by atoms with Crippen molar-refractivity contribution in [3.63, 3.8) is 0 Å². The number of carbonyl (C=O) groups is 1. The van der Waals surface area contributed by atoms with E-state index in [1.807, 2.05) is 62.4 Å². The molecule has 4 rings (SSSR count). The van der Waals surface area contributed by atoms with Gasteiger partial charge in [0.2, 0.25) is 11.7 Å². The average molecular weight is 362 g/mol. The van der Waals surface area contributed by atoms with Crippen LogP contribution in [0.15, 0.2) is 53.1 Å². The van der Waals surface area contributed by atoms with Crippen LogP contribution in [0.3, 0.4) is 0 Å². The molecule has 2 amide bonds. The third-order valence-corrected chi connectivity index (χ3v) is 4.90. The van der Waals surface area contributed by atoms with Crippen LogP contribution in [0.1, 0.15) is 35.9 Å². The maximum absolute atomic E-state index is 12.8. The van der Waals surface area contributed by atoms with Crippen molar-refractivity contribution in [1.82, 2.24) is 15.0 Å². The van der Waals surface area contributed by atoms with Crippen LogP contribution in [0, 0.1) is 13.8 Å². The summed E-state index contributed by atoms with van der Waals surface area (Å²) in [5.74, 6) is 1.05. The number of hydrogen-bond acceptors (Lipinski definition) is 4.